The van der Waals surface area contributed by atoms with Crippen LogP contribution in [-0.4, -0.2) is 34.2 Å². The van der Waals surface area contributed by atoms with E-state index in [0.29, 0.717) is 27.1 Å². The van der Waals surface area contributed by atoms with Crippen molar-refractivity contribution in [2.24, 2.45) is 0 Å². The van der Waals surface area contributed by atoms with Crippen molar-refractivity contribution >= 4 is 51.7 Å². The Kier molecular flexibility index (Phi) is 4.76. The second-order valence-corrected chi connectivity index (χ2v) is 7.58. The Balaban J connectivity index is 1.69. The van der Waals surface area contributed by atoms with Crippen LogP contribution in [0.2, 0.25) is 0 Å². The van der Waals surface area contributed by atoms with Gasteiger partial charge in [-0.2, -0.15) is 0 Å². The molecule has 0 unspecified atom stereocenters. The standard InChI is InChI=1S/C18H12N2O7S2/c1-25-14-5-9(4-11(16(14)21)20(23)24)6-15-17(22)19(18(28)29-15)10-2-3-12-13(7-10)27-8-26-12/h2-7,21H,8H2,1H3/b15-6+. The van der Waals surface area contributed by atoms with Crippen LogP contribution in [0.1, 0.15) is 5.56 Å². The van der Waals surface area contributed by atoms with Gasteiger partial charge in [-0.1, -0.05) is 24.0 Å². The summed E-state index contributed by atoms with van der Waals surface area (Å²) in [6, 6.07) is 7.59. The summed E-state index contributed by atoms with van der Waals surface area (Å²) in [5.41, 5.74) is 0.314. The summed E-state index contributed by atoms with van der Waals surface area (Å²) >= 11 is 6.40. The number of aromatic hydroxyl groups is 1. The van der Waals surface area contributed by atoms with Crippen molar-refractivity contribution in [1.82, 2.24) is 0 Å². The van der Waals surface area contributed by atoms with Crippen molar-refractivity contribution in [2.75, 3.05) is 18.8 Å². The molecule has 1 N–H and O–H groups in total. The van der Waals surface area contributed by atoms with Gasteiger partial charge in [0.2, 0.25) is 12.5 Å². The summed E-state index contributed by atoms with van der Waals surface area (Å²) in [5.74, 6) is 0.0606. The fourth-order valence-electron chi connectivity index (χ4n) is 2.86. The molecule has 0 saturated carbocycles. The zero-order valence-corrected chi connectivity index (χ0v) is 16.4. The molecule has 2 heterocycles. The molecule has 2 aromatic carbocycles. The first-order valence-corrected chi connectivity index (χ1v) is 9.34. The summed E-state index contributed by atoms with van der Waals surface area (Å²) in [4.78, 5) is 25.0. The third kappa shape index (κ3) is 3.34. The van der Waals surface area contributed by atoms with E-state index in [4.69, 9.17) is 26.4 Å². The number of thiocarbonyl (C=S) groups is 1. The zero-order valence-electron chi connectivity index (χ0n) is 14.8. The van der Waals surface area contributed by atoms with Gasteiger partial charge in [0.1, 0.15) is 0 Å². The molecule has 0 aromatic heterocycles. The van der Waals surface area contributed by atoms with Gasteiger partial charge in [-0.15, -0.1) is 0 Å². The quantitative estimate of drug-likeness (QED) is 0.336. The minimum absolute atomic E-state index is 0.0725. The van der Waals surface area contributed by atoms with Crippen LogP contribution in [0.5, 0.6) is 23.0 Å². The van der Waals surface area contributed by atoms with Crippen molar-refractivity contribution in [3.05, 3.63) is 50.9 Å². The fourth-order valence-corrected chi connectivity index (χ4v) is 4.16. The Labute approximate surface area is 173 Å². The Bertz CT molecular complexity index is 1100. The summed E-state index contributed by atoms with van der Waals surface area (Å²) < 4.78 is 15.9. The second-order valence-electron chi connectivity index (χ2n) is 5.90. The number of nitrogens with zero attached hydrogens (tertiary/aromatic N) is 2. The molecule has 9 nitrogen and oxygen atoms in total. The Morgan fingerprint density at radius 3 is 2.79 bits per heavy atom. The SMILES string of the molecule is COc1cc(/C=C2/SC(=S)N(c3ccc4c(c3)OCO4)C2=O)cc([N+](=O)[O-])c1O. The lowest BCUT2D eigenvalue weighted by molar-refractivity contribution is -0.386. The van der Waals surface area contributed by atoms with Crippen molar-refractivity contribution in [3.8, 4) is 23.0 Å². The first-order valence-electron chi connectivity index (χ1n) is 8.12. The van der Waals surface area contributed by atoms with Crippen molar-refractivity contribution in [3.63, 3.8) is 0 Å². The number of phenols is 1. The van der Waals surface area contributed by atoms with Gasteiger partial charge in [-0.3, -0.25) is 19.8 Å². The number of hydrogen-bond donors (Lipinski definition) is 1. The minimum atomic E-state index is -0.729. The van der Waals surface area contributed by atoms with E-state index in [2.05, 4.69) is 0 Å². The van der Waals surface area contributed by atoms with Crippen LogP contribution in [0.25, 0.3) is 6.08 Å². The molecule has 2 aliphatic rings. The molecule has 0 aliphatic carbocycles. The Hall–Kier alpha value is -3.31. The fraction of sp³-hybridized carbons (Fsp3) is 0.111. The zero-order chi connectivity index (χ0) is 20.7. The van der Waals surface area contributed by atoms with E-state index >= 15 is 0 Å². The van der Waals surface area contributed by atoms with E-state index in [0.717, 1.165) is 17.8 Å². The van der Waals surface area contributed by atoms with E-state index < -0.39 is 16.4 Å². The molecule has 148 valence electrons. The summed E-state index contributed by atoms with van der Waals surface area (Å²) in [5, 5.41) is 21.1. The molecule has 0 atom stereocenters. The number of hydrogen-bond acceptors (Lipinski definition) is 9. The summed E-state index contributed by atoms with van der Waals surface area (Å²) in [6.07, 6.45) is 1.46. The number of amides is 1. The van der Waals surface area contributed by atoms with Crippen LogP contribution in [0.15, 0.2) is 35.2 Å². The van der Waals surface area contributed by atoms with E-state index in [9.17, 15) is 20.0 Å². The molecule has 1 saturated heterocycles. The summed E-state index contributed by atoms with van der Waals surface area (Å²) in [7, 11) is 1.28. The molecule has 4 rings (SSSR count). The van der Waals surface area contributed by atoms with Gasteiger partial charge in [0.25, 0.3) is 5.91 Å². The molecule has 0 spiro atoms. The number of thioether (sulfide) groups is 1. The molecule has 11 heteroatoms. The highest BCUT2D eigenvalue weighted by atomic mass is 32.2. The number of phenolic OH excluding ortho intramolecular Hbond substituents is 1. The number of carbonyl (C=O) groups excluding carboxylic acids is 1. The highest BCUT2D eigenvalue weighted by Crippen LogP contribution is 2.42. The minimum Gasteiger partial charge on any atom is -0.500 e. The normalized spacial score (nSPS) is 16.6. The van der Waals surface area contributed by atoms with Crippen LogP contribution in [0, 0.1) is 10.1 Å². The molecular weight excluding hydrogens is 420 g/mol. The average Bonchev–Trinajstić information content (AvgIpc) is 3.26. The highest BCUT2D eigenvalue weighted by molar-refractivity contribution is 8.27. The number of rotatable bonds is 4. The maximum atomic E-state index is 12.9. The first-order chi connectivity index (χ1) is 13.9. The first kappa shape index (κ1) is 19.0. The third-order valence-corrected chi connectivity index (χ3v) is 5.50. The number of methoxy groups -OCH3 is 1. The lowest BCUT2D eigenvalue weighted by atomic mass is 10.1. The van der Waals surface area contributed by atoms with Gasteiger partial charge in [0.15, 0.2) is 21.6 Å². The predicted molar refractivity (Wildman–Crippen MR) is 110 cm³/mol. The number of carbonyl (C=O) groups is 1. The molecular formula is C18H12N2O7S2. The maximum Gasteiger partial charge on any atom is 0.315 e. The van der Waals surface area contributed by atoms with E-state index in [-0.39, 0.29) is 23.4 Å². The van der Waals surface area contributed by atoms with Gasteiger partial charge in [0, 0.05) is 12.1 Å². The van der Waals surface area contributed by atoms with Crippen molar-refractivity contribution in [1.29, 1.82) is 0 Å². The van der Waals surface area contributed by atoms with E-state index in [1.807, 2.05) is 0 Å². The molecule has 1 fully saturated rings. The van der Waals surface area contributed by atoms with Crippen molar-refractivity contribution in [2.45, 2.75) is 0 Å². The summed E-state index contributed by atoms with van der Waals surface area (Å²) in [6.45, 7) is 0.110. The monoisotopic (exact) mass is 432 g/mol. The van der Waals surface area contributed by atoms with Crippen LogP contribution >= 0.6 is 24.0 Å². The van der Waals surface area contributed by atoms with E-state index in [1.165, 1.54) is 24.2 Å². The second kappa shape index (κ2) is 7.26. The van der Waals surface area contributed by atoms with Crippen LogP contribution < -0.4 is 19.1 Å². The van der Waals surface area contributed by atoms with Crippen LogP contribution in [0.4, 0.5) is 11.4 Å². The Morgan fingerprint density at radius 2 is 2.07 bits per heavy atom. The number of ether oxygens (including phenoxy) is 3. The van der Waals surface area contributed by atoms with Gasteiger partial charge in [0.05, 0.1) is 22.6 Å². The topological polar surface area (TPSA) is 111 Å². The lowest BCUT2D eigenvalue weighted by Gasteiger charge is -2.14. The number of benzene rings is 2. The van der Waals surface area contributed by atoms with Gasteiger partial charge in [-0.05, 0) is 29.8 Å². The smallest absolute Gasteiger partial charge is 0.315 e. The van der Waals surface area contributed by atoms with Crippen LogP contribution in [0.3, 0.4) is 0 Å². The predicted octanol–water partition coefficient (Wildman–Crippen LogP) is 3.44. The van der Waals surface area contributed by atoms with Gasteiger partial charge in [-0.25, -0.2) is 0 Å². The lowest BCUT2D eigenvalue weighted by Crippen LogP contribution is -2.27. The average molecular weight is 432 g/mol. The number of anilines is 1. The molecule has 0 radical (unpaired) electrons. The number of nitro groups is 1. The molecule has 2 aromatic rings. The highest BCUT2D eigenvalue weighted by Gasteiger charge is 2.34. The van der Waals surface area contributed by atoms with Crippen molar-refractivity contribution < 1.29 is 29.0 Å². The maximum absolute atomic E-state index is 12.9. The molecule has 2 aliphatic heterocycles. The molecule has 1 amide bonds. The van der Waals surface area contributed by atoms with Gasteiger partial charge < -0.3 is 19.3 Å². The number of nitro benzene ring substituents is 1. The largest absolute Gasteiger partial charge is 0.500 e. The molecule has 0 bridgehead atoms. The van der Waals surface area contributed by atoms with Crippen LogP contribution in [-0.2, 0) is 4.79 Å². The third-order valence-electron chi connectivity index (χ3n) is 4.20. The number of fused-ring (bicyclic) bond motifs is 1. The van der Waals surface area contributed by atoms with Gasteiger partial charge >= 0.3 is 5.69 Å². The Morgan fingerprint density at radius 1 is 1.31 bits per heavy atom. The van der Waals surface area contributed by atoms with E-state index in [1.54, 1.807) is 18.2 Å². The molecule has 29 heavy (non-hydrogen) atoms.